The number of rotatable bonds is 3. The van der Waals surface area contributed by atoms with Crippen LogP contribution in [0.3, 0.4) is 0 Å². The van der Waals surface area contributed by atoms with Crippen molar-refractivity contribution in [2.45, 2.75) is 12.6 Å². The molecule has 0 radical (unpaired) electrons. The van der Waals surface area contributed by atoms with E-state index < -0.39 is 35.2 Å². The van der Waals surface area contributed by atoms with E-state index in [1.54, 1.807) is 6.07 Å². The summed E-state index contributed by atoms with van der Waals surface area (Å²) in [6.45, 7) is 0. The molecule has 124 valence electrons. The summed E-state index contributed by atoms with van der Waals surface area (Å²) < 4.78 is 69.0. The van der Waals surface area contributed by atoms with E-state index in [0.29, 0.717) is 11.1 Å². The molecule has 0 saturated heterocycles. The Kier molecular flexibility index (Phi) is 4.00. The van der Waals surface area contributed by atoms with Crippen molar-refractivity contribution in [2.24, 2.45) is 0 Å². The van der Waals surface area contributed by atoms with Gasteiger partial charge in [0, 0.05) is 12.6 Å². The van der Waals surface area contributed by atoms with Crippen molar-refractivity contribution in [1.29, 1.82) is 0 Å². The maximum atomic E-state index is 14.1. The lowest BCUT2D eigenvalue weighted by molar-refractivity contribution is -0.159. The van der Waals surface area contributed by atoms with Crippen molar-refractivity contribution in [3.63, 3.8) is 0 Å². The zero-order valence-corrected chi connectivity index (χ0v) is 11.8. The molecule has 0 N–H and O–H groups in total. The highest BCUT2D eigenvalue weighted by Gasteiger charge is 2.38. The molecule has 4 nitrogen and oxygen atoms in total. The highest BCUT2D eigenvalue weighted by molar-refractivity contribution is 5.49. The largest absolute Gasteiger partial charge is 0.471 e. The van der Waals surface area contributed by atoms with Gasteiger partial charge in [-0.15, -0.1) is 0 Å². The molecule has 0 fully saturated rings. The van der Waals surface area contributed by atoms with Crippen LogP contribution >= 0.6 is 0 Å². The second kappa shape index (κ2) is 5.99. The molecule has 0 aliphatic carbocycles. The van der Waals surface area contributed by atoms with Crippen molar-refractivity contribution >= 4 is 0 Å². The van der Waals surface area contributed by atoms with Crippen molar-refractivity contribution in [3.8, 4) is 11.5 Å². The van der Waals surface area contributed by atoms with E-state index in [1.807, 2.05) is 0 Å². The summed E-state index contributed by atoms with van der Waals surface area (Å²) in [4.78, 5) is 6.79. The molecule has 0 amide bonds. The average molecular weight is 341 g/mol. The predicted octanol–water partition coefficient (Wildman–Crippen LogP) is 4.02. The Hall–Kier alpha value is -2.84. The van der Waals surface area contributed by atoms with Gasteiger partial charge in [0.15, 0.2) is 5.82 Å². The molecule has 0 saturated carbocycles. The topological polar surface area (TPSA) is 51.8 Å². The van der Waals surface area contributed by atoms with Crippen LogP contribution in [-0.4, -0.2) is 15.1 Å². The number of aromatic nitrogens is 3. The first-order valence-electron chi connectivity index (χ1n) is 6.63. The van der Waals surface area contributed by atoms with Gasteiger partial charge >= 0.3 is 12.1 Å². The summed E-state index contributed by atoms with van der Waals surface area (Å²) in [5.41, 5.74) is 0.206. The standard InChI is InChI=1S/C15H8F5N3O/c16-10-4-2-1-3-9(10)5-8-6-11(17)12(21-7-8)13-22-14(24-23-13)15(18,19)20/h1-4,6-7H,5H2. The Morgan fingerprint density at radius 1 is 1.04 bits per heavy atom. The first-order valence-corrected chi connectivity index (χ1v) is 6.63. The number of benzene rings is 1. The molecule has 24 heavy (non-hydrogen) atoms. The highest BCUT2D eigenvalue weighted by atomic mass is 19.4. The molecule has 2 aromatic heterocycles. The molecular formula is C15H8F5N3O. The van der Waals surface area contributed by atoms with Crippen LogP contribution < -0.4 is 0 Å². The SMILES string of the molecule is Fc1ccccc1Cc1cnc(-c2noc(C(F)(F)F)n2)c(F)c1. The minimum atomic E-state index is -4.83. The molecule has 3 aromatic rings. The minimum Gasteiger partial charge on any atom is -0.329 e. The van der Waals surface area contributed by atoms with Gasteiger partial charge in [0.2, 0.25) is 5.82 Å². The van der Waals surface area contributed by atoms with Gasteiger partial charge in [0.25, 0.3) is 0 Å². The zero-order chi connectivity index (χ0) is 17.3. The molecule has 0 aliphatic heterocycles. The van der Waals surface area contributed by atoms with Gasteiger partial charge < -0.3 is 4.52 Å². The van der Waals surface area contributed by atoms with Crippen molar-refractivity contribution in [2.75, 3.05) is 0 Å². The highest BCUT2D eigenvalue weighted by Crippen LogP contribution is 2.29. The van der Waals surface area contributed by atoms with E-state index in [4.69, 9.17) is 0 Å². The number of hydrogen-bond donors (Lipinski definition) is 0. The van der Waals surface area contributed by atoms with Gasteiger partial charge in [-0.05, 0) is 23.3 Å². The number of nitrogens with zero attached hydrogens (tertiary/aromatic N) is 3. The average Bonchev–Trinajstić information content (AvgIpc) is 2.99. The Balaban J connectivity index is 1.88. The fourth-order valence-corrected chi connectivity index (χ4v) is 2.04. The molecule has 0 bridgehead atoms. The first kappa shape index (κ1) is 16.0. The lowest BCUT2D eigenvalue weighted by atomic mass is 10.1. The second-order valence-corrected chi connectivity index (χ2v) is 4.86. The van der Waals surface area contributed by atoms with E-state index in [1.165, 1.54) is 24.4 Å². The Morgan fingerprint density at radius 3 is 2.42 bits per heavy atom. The van der Waals surface area contributed by atoms with Crippen LogP contribution in [0.4, 0.5) is 22.0 Å². The predicted molar refractivity (Wildman–Crippen MR) is 71.7 cm³/mol. The van der Waals surface area contributed by atoms with Gasteiger partial charge in [-0.2, -0.15) is 18.2 Å². The molecule has 0 atom stereocenters. The van der Waals surface area contributed by atoms with E-state index in [9.17, 15) is 22.0 Å². The fourth-order valence-electron chi connectivity index (χ4n) is 2.04. The van der Waals surface area contributed by atoms with Crippen LogP contribution in [0.5, 0.6) is 0 Å². The van der Waals surface area contributed by atoms with Crippen LogP contribution in [0.15, 0.2) is 41.1 Å². The fraction of sp³-hybridized carbons (Fsp3) is 0.133. The maximum Gasteiger partial charge on any atom is 0.471 e. The first-order chi connectivity index (χ1) is 11.3. The number of halogens is 5. The Bertz CT molecular complexity index is 876. The van der Waals surface area contributed by atoms with E-state index >= 15 is 0 Å². The third-order valence-corrected chi connectivity index (χ3v) is 3.13. The molecular weight excluding hydrogens is 333 g/mol. The Morgan fingerprint density at radius 2 is 1.79 bits per heavy atom. The van der Waals surface area contributed by atoms with E-state index in [-0.39, 0.29) is 6.42 Å². The molecule has 3 rings (SSSR count). The molecule has 1 aromatic carbocycles. The van der Waals surface area contributed by atoms with Crippen molar-refractivity contribution in [1.82, 2.24) is 15.1 Å². The van der Waals surface area contributed by atoms with Crippen molar-refractivity contribution in [3.05, 3.63) is 65.2 Å². The van der Waals surface area contributed by atoms with E-state index in [2.05, 4.69) is 19.6 Å². The molecule has 0 spiro atoms. The number of alkyl halides is 3. The summed E-state index contributed by atoms with van der Waals surface area (Å²) in [5.74, 6) is -3.58. The summed E-state index contributed by atoms with van der Waals surface area (Å²) in [5, 5.41) is 3.07. The maximum absolute atomic E-state index is 14.1. The summed E-state index contributed by atoms with van der Waals surface area (Å²) in [6, 6.07) is 7.00. The zero-order valence-electron chi connectivity index (χ0n) is 11.8. The third-order valence-electron chi connectivity index (χ3n) is 3.13. The van der Waals surface area contributed by atoms with Crippen LogP contribution in [0.2, 0.25) is 0 Å². The third kappa shape index (κ3) is 3.24. The molecule has 0 unspecified atom stereocenters. The smallest absolute Gasteiger partial charge is 0.329 e. The van der Waals surface area contributed by atoms with Crippen LogP contribution in [0, 0.1) is 11.6 Å². The lowest BCUT2D eigenvalue weighted by Crippen LogP contribution is -2.05. The van der Waals surface area contributed by atoms with Gasteiger partial charge in [-0.25, -0.2) is 13.8 Å². The second-order valence-electron chi connectivity index (χ2n) is 4.86. The lowest BCUT2D eigenvalue weighted by Gasteiger charge is -2.04. The van der Waals surface area contributed by atoms with Gasteiger partial charge in [-0.1, -0.05) is 23.4 Å². The number of pyridine rings is 1. The van der Waals surface area contributed by atoms with Crippen molar-refractivity contribution < 1.29 is 26.5 Å². The summed E-state index contributed by atoms with van der Waals surface area (Å²) in [7, 11) is 0. The Labute approximate surface area is 132 Å². The monoisotopic (exact) mass is 341 g/mol. The number of hydrogen-bond acceptors (Lipinski definition) is 4. The molecule has 2 heterocycles. The van der Waals surface area contributed by atoms with Gasteiger partial charge in [0.05, 0.1) is 0 Å². The molecule has 9 heteroatoms. The normalized spacial score (nSPS) is 11.7. The minimum absolute atomic E-state index is 0.0803. The summed E-state index contributed by atoms with van der Waals surface area (Å²) >= 11 is 0. The summed E-state index contributed by atoms with van der Waals surface area (Å²) in [6.07, 6.45) is -3.53. The van der Waals surface area contributed by atoms with Gasteiger partial charge in [-0.3, -0.25) is 0 Å². The molecule has 0 aliphatic rings. The van der Waals surface area contributed by atoms with Crippen LogP contribution in [0.25, 0.3) is 11.5 Å². The quantitative estimate of drug-likeness (QED) is 0.675. The van der Waals surface area contributed by atoms with Gasteiger partial charge in [0.1, 0.15) is 11.5 Å². The van der Waals surface area contributed by atoms with Crippen LogP contribution in [-0.2, 0) is 12.6 Å². The van der Waals surface area contributed by atoms with E-state index in [0.717, 1.165) is 6.07 Å². The van der Waals surface area contributed by atoms with Crippen LogP contribution in [0.1, 0.15) is 17.0 Å².